The van der Waals surface area contributed by atoms with Crippen molar-refractivity contribution < 1.29 is 32.7 Å². The number of aryl methyl sites for hydroxylation is 1. The highest BCUT2D eigenvalue weighted by molar-refractivity contribution is 6.19. The number of nitrogens with zero attached hydrogens (tertiary/aromatic N) is 7. The van der Waals surface area contributed by atoms with E-state index >= 15 is 8.78 Å². The van der Waals surface area contributed by atoms with E-state index in [0.29, 0.717) is 85.8 Å². The molecular formula is C48H56F2N10O5. The van der Waals surface area contributed by atoms with Gasteiger partial charge in [0.2, 0.25) is 29.6 Å². The van der Waals surface area contributed by atoms with Gasteiger partial charge >= 0.3 is 0 Å². The number of benzene rings is 2. The van der Waals surface area contributed by atoms with Gasteiger partial charge in [0, 0.05) is 86.9 Å². The molecule has 2 aromatic carbocycles. The molecule has 17 heteroatoms. The van der Waals surface area contributed by atoms with Crippen LogP contribution in [0.2, 0.25) is 0 Å². The van der Waals surface area contributed by atoms with Crippen LogP contribution in [0.15, 0.2) is 53.7 Å². The first-order chi connectivity index (χ1) is 31.3. The van der Waals surface area contributed by atoms with Crippen molar-refractivity contribution in [2.75, 3.05) is 63.1 Å². The first-order valence-electron chi connectivity index (χ1n) is 22.7. The van der Waals surface area contributed by atoms with Crippen LogP contribution < -0.4 is 21.3 Å². The number of fused-ring (bicyclic) bond motifs is 5. The average molecular weight is 891 g/mol. The monoisotopic (exact) mass is 890 g/mol. The molecule has 5 aliphatic heterocycles. The minimum absolute atomic E-state index is 0.0262. The van der Waals surface area contributed by atoms with Gasteiger partial charge in [0.1, 0.15) is 11.6 Å². The Kier molecular flexibility index (Phi) is 12.2. The first-order valence-corrected chi connectivity index (χ1v) is 22.7. The minimum Gasteiger partial charge on any atom is -0.477 e. The van der Waals surface area contributed by atoms with Crippen molar-refractivity contribution in [1.82, 2.24) is 29.7 Å². The Balaban J connectivity index is 0.819. The lowest BCUT2D eigenvalue weighted by Gasteiger charge is -2.54. The number of aromatic nitrogens is 3. The van der Waals surface area contributed by atoms with Gasteiger partial charge in [0.05, 0.1) is 40.7 Å². The number of nitrogens with one attached hydrogen (secondary N) is 2. The number of aliphatic imine (C=N–C) groups is 1. The number of piperidine rings is 2. The van der Waals surface area contributed by atoms with E-state index in [0.717, 1.165) is 61.9 Å². The second-order valence-corrected chi connectivity index (χ2v) is 18.6. The first kappa shape index (κ1) is 44.0. The summed E-state index contributed by atoms with van der Waals surface area (Å²) in [7, 11) is 1.65. The number of anilines is 2. The third-order valence-corrected chi connectivity index (χ3v) is 13.9. The third kappa shape index (κ3) is 8.94. The molecule has 0 saturated carbocycles. The van der Waals surface area contributed by atoms with Crippen LogP contribution in [0.4, 0.5) is 20.4 Å². The Morgan fingerprint density at radius 2 is 1.75 bits per heavy atom. The number of nitrogens with two attached hydrogens (primary N) is 1. The highest BCUT2D eigenvalue weighted by atomic mass is 19.1. The summed E-state index contributed by atoms with van der Waals surface area (Å²) in [6.07, 6.45) is 5.72. The van der Waals surface area contributed by atoms with Gasteiger partial charge in [-0.3, -0.25) is 44.7 Å². The molecule has 4 amide bonds. The van der Waals surface area contributed by atoms with Crippen molar-refractivity contribution in [3.63, 3.8) is 0 Å². The van der Waals surface area contributed by atoms with E-state index in [2.05, 4.69) is 49.1 Å². The number of amides is 4. The van der Waals surface area contributed by atoms with Crippen LogP contribution in [0.25, 0.3) is 16.6 Å². The summed E-state index contributed by atoms with van der Waals surface area (Å²) >= 11 is 0. The zero-order valence-corrected chi connectivity index (χ0v) is 37.2. The molecule has 65 heavy (non-hydrogen) atoms. The maximum atomic E-state index is 15.3. The number of hydrogen-bond acceptors (Lipinski definition) is 11. The summed E-state index contributed by atoms with van der Waals surface area (Å²) in [6, 6.07) is 12.2. The van der Waals surface area contributed by atoms with Gasteiger partial charge < -0.3 is 24.8 Å². The fourth-order valence-electron chi connectivity index (χ4n) is 10.4. The van der Waals surface area contributed by atoms with Crippen molar-refractivity contribution >= 4 is 57.8 Å². The topological polar surface area (TPSA) is 180 Å². The number of carbonyl (C=O) groups excluding carboxylic acids is 4. The number of pyridine rings is 1. The number of likely N-dealkylation sites (tertiary alicyclic amines) is 2. The molecule has 2 bridgehead atoms. The Hall–Kier alpha value is -6.23. The summed E-state index contributed by atoms with van der Waals surface area (Å²) in [5.74, 6) is -3.22. The summed E-state index contributed by atoms with van der Waals surface area (Å²) in [6.45, 7) is 9.98. The zero-order chi connectivity index (χ0) is 45.6. The predicted molar refractivity (Wildman–Crippen MR) is 242 cm³/mol. The molecule has 1 spiro atoms. The van der Waals surface area contributed by atoms with Crippen LogP contribution in [-0.4, -0.2) is 107 Å². The molecule has 9 rings (SSSR count). The maximum absolute atomic E-state index is 15.3. The van der Waals surface area contributed by atoms with Crippen LogP contribution in [0, 0.1) is 35.8 Å². The van der Waals surface area contributed by atoms with Crippen molar-refractivity contribution in [3.05, 3.63) is 88.4 Å². The van der Waals surface area contributed by atoms with Crippen molar-refractivity contribution in [2.24, 2.45) is 28.0 Å². The lowest BCUT2D eigenvalue weighted by molar-refractivity contribution is -0.150. The van der Waals surface area contributed by atoms with Crippen molar-refractivity contribution in [1.29, 1.82) is 0 Å². The fraction of sp³-hybridized carbons (Fsp3) is 0.479. The van der Waals surface area contributed by atoms with Gasteiger partial charge in [0.25, 0.3) is 5.91 Å². The maximum Gasteiger partial charge on any atom is 0.258 e. The number of imide groups is 1. The number of halogens is 2. The van der Waals surface area contributed by atoms with Crippen LogP contribution >= 0.6 is 0 Å². The third-order valence-electron chi connectivity index (χ3n) is 13.9. The molecule has 4 aromatic rings. The number of ether oxygens (including phenoxy) is 1. The summed E-state index contributed by atoms with van der Waals surface area (Å²) in [5, 5.41) is 5.27. The van der Waals surface area contributed by atoms with E-state index in [9.17, 15) is 19.2 Å². The van der Waals surface area contributed by atoms with Gasteiger partial charge in [-0.2, -0.15) is 0 Å². The molecule has 4 saturated heterocycles. The quantitative estimate of drug-likeness (QED) is 0.216. The molecule has 0 radical (unpaired) electrons. The number of carbonyl (C=O) groups is 4. The minimum atomic E-state index is -1.06. The molecule has 2 aromatic heterocycles. The second kappa shape index (κ2) is 18.0. The molecule has 0 unspecified atom stereocenters. The Morgan fingerprint density at radius 3 is 2.48 bits per heavy atom. The number of rotatable bonds is 5. The summed E-state index contributed by atoms with van der Waals surface area (Å²) in [4.78, 5) is 71.6. The van der Waals surface area contributed by atoms with Crippen molar-refractivity contribution in [2.45, 2.75) is 77.8 Å². The van der Waals surface area contributed by atoms with Gasteiger partial charge in [-0.1, -0.05) is 13.0 Å². The summed E-state index contributed by atoms with van der Waals surface area (Å²) < 4.78 is 38.8. The fourth-order valence-corrected chi connectivity index (χ4v) is 10.4. The molecule has 3 atom stereocenters. The molecule has 4 fully saturated rings. The van der Waals surface area contributed by atoms with Gasteiger partial charge in [0.15, 0.2) is 0 Å². The average Bonchev–Trinajstić information content (AvgIpc) is 3.89. The molecule has 7 heterocycles. The summed E-state index contributed by atoms with van der Waals surface area (Å²) in [5.41, 5.74) is 11.1. The van der Waals surface area contributed by atoms with Gasteiger partial charge in [-0.05, 0) is 106 Å². The normalized spacial score (nSPS) is 24.3. The Bertz CT molecular complexity index is 2590. The van der Waals surface area contributed by atoms with E-state index < -0.39 is 29.4 Å². The van der Waals surface area contributed by atoms with Crippen LogP contribution in [0.5, 0.6) is 0 Å². The standard InChI is InChI=1S/C48H56F2N10O5/c1-28-5-4-16-65-45(52-3)35(22-51)39-19-32(17-29(2)53-39)43(62)56-47-54-38-8-6-30(18-40(38)60(47)23-28)24-57-14-11-48(12-15-57)26-59(27-48)46(64)31-10-13-58(25-31)33-20-36(49)42(37(50)21-33)34-7-9-41(61)55-44(34)63/h6,8,17-22,28,31,34H,4-5,7,9-16,23-27,51H2,1-3H3,(H,54,56,62)(H,55,61,63)/t28-,31-,34-/m1/s1. The van der Waals surface area contributed by atoms with Crippen LogP contribution in [0.3, 0.4) is 0 Å². The van der Waals surface area contributed by atoms with E-state index in [1.165, 1.54) is 18.3 Å². The van der Waals surface area contributed by atoms with Crippen LogP contribution in [0.1, 0.15) is 90.7 Å². The largest absolute Gasteiger partial charge is 0.477 e. The van der Waals surface area contributed by atoms with E-state index in [1.54, 1.807) is 19.2 Å². The Labute approximate surface area is 376 Å². The zero-order valence-electron chi connectivity index (χ0n) is 37.2. The highest BCUT2D eigenvalue weighted by Gasteiger charge is 2.48. The SMILES string of the molecule is CN=C1OCCC[C@@H](C)Cn2c(nc3ccc(CN4CCC5(CC4)CN(C(=O)[C@@H]4CCN(c6cc(F)c([C@H]7CCC(=O)NC7=O)c(F)c6)C4)C5)cc32)NC(=O)c2cc(C)nc(c2)C1=CN. The lowest BCUT2D eigenvalue weighted by atomic mass is 9.71. The number of imidazole rings is 1. The van der Waals surface area contributed by atoms with E-state index in [-0.39, 0.29) is 47.5 Å². The molecule has 0 aliphatic carbocycles. The van der Waals surface area contributed by atoms with E-state index in [4.69, 9.17) is 15.5 Å². The van der Waals surface area contributed by atoms with Crippen molar-refractivity contribution in [3.8, 4) is 0 Å². The molecular weight excluding hydrogens is 835 g/mol. The predicted octanol–water partition coefficient (Wildman–Crippen LogP) is 5.52. The second-order valence-electron chi connectivity index (χ2n) is 18.6. The molecule has 15 nitrogen and oxygen atoms in total. The smallest absolute Gasteiger partial charge is 0.258 e. The molecule has 5 aliphatic rings. The highest BCUT2D eigenvalue weighted by Crippen LogP contribution is 2.42. The van der Waals surface area contributed by atoms with Gasteiger partial charge in [-0.15, -0.1) is 0 Å². The van der Waals surface area contributed by atoms with Gasteiger partial charge in [-0.25, -0.2) is 13.8 Å². The molecule has 342 valence electrons. The Morgan fingerprint density at radius 1 is 0.985 bits per heavy atom. The lowest BCUT2D eigenvalue weighted by Crippen LogP contribution is -2.62. The van der Waals surface area contributed by atoms with Crippen LogP contribution in [-0.2, 0) is 32.2 Å². The molecule has 4 N–H and O–H groups in total. The van der Waals surface area contributed by atoms with E-state index in [1.807, 2.05) is 22.8 Å². The number of hydrogen-bond donors (Lipinski definition) is 3.